The summed E-state index contributed by atoms with van der Waals surface area (Å²) in [5, 5.41) is 0. The zero-order chi connectivity index (χ0) is 12.5. The van der Waals surface area contributed by atoms with E-state index >= 15 is 0 Å². The van der Waals surface area contributed by atoms with Gasteiger partial charge in [0.25, 0.3) is 0 Å². The van der Waals surface area contributed by atoms with Crippen LogP contribution in [0.2, 0.25) is 0 Å². The number of hydrogen-bond acceptors (Lipinski definition) is 3. The Hall–Kier alpha value is -1.71. The molecule has 0 saturated heterocycles. The Bertz CT molecular complexity index is 454. The van der Waals surface area contributed by atoms with Crippen molar-refractivity contribution in [2.45, 2.75) is 20.8 Å². The van der Waals surface area contributed by atoms with E-state index in [2.05, 4.69) is 0 Å². The van der Waals surface area contributed by atoms with Gasteiger partial charge in [0.15, 0.2) is 17.3 Å². The van der Waals surface area contributed by atoms with Gasteiger partial charge in [-0.05, 0) is 20.8 Å². The van der Waals surface area contributed by atoms with Crippen LogP contribution in [0.25, 0.3) is 0 Å². The largest absolute Gasteiger partial charge is 0.294 e. The maximum Gasteiger partial charge on any atom is 0.161 e. The molecule has 1 rings (SSSR count). The number of ketones is 3. The Morgan fingerprint density at radius 3 is 1.50 bits per heavy atom. The molecule has 0 saturated carbocycles. The van der Waals surface area contributed by atoms with Crippen molar-refractivity contribution in [3.05, 3.63) is 28.8 Å². The number of rotatable bonds is 3. The normalized spacial score (nSPS) is 9.94. The summed E-state index contributed by atoms with van der Waals surface area (Å²) in [5.41, 5.74) is 1.71. The van der Waals surface area contributed by atoms with Gasteiger partial charge in [0.1, 0.15) is 7.85 Å². The van der Waals surface area contributed by atoms with Crippen LogP contribution < -0.4 is 5.46 Å². The van der Waals surface area contributed by atoms with Crippen molar-refractivity contribution in [2.75, 3.05) is 0 Å². The van der Waals surface area contributed by atoms with Crippen LogP contribution >= 0.6 is 0 Å². The molecule has 0 atom stereocenters. The standard InChI is InChI=1S/C12H13BO3/c1-6(14)10-4-9(13)5-11(7(2)15)12(10)8(3)16/h4-5H,13H2,1-3H3. The molecular weight excluding hydrogens is 203 g/mol. The van der Waals surface area contributed by atoms with Crippen LogP contribution in [0.15, 0.2) is 12.1 Å². The lowest BCUT2D eigenvalue weighted by atomic mass is 9.85. The highest BCUT2D eigenvalue weighted by Gasteiger charge is 2.18. The third kappa shape index (κ3) is 2.27. The lowest BCUT2D eigenvalue weighted by Gasteiger charge is -2.10. The minimum atomic E-state index is -0.254. The van der Waals surface area contributed by atoms with Gasteiger partial charge in [0.05, 0.1) is 0 Å². The van der Waals surface area contributed by atoms with Gasteiger partial charge < -0.3 is 0 Å². The Morgan fingerprint density at radius 1 is 0.875 bits per heavy atom. The first-order chi connectivity index (χ1) is 7.34. The lowest BCUT2D eigenvalue weighted by molar-refractivity contribution is 0.0968. The van der Waals surface area contributed by atoms with Crippen LogP contribution in [-0.4, -0.2) is 25.2 Å². The van der Waals surface area contributed by atoms with Crippen LogP contribution in [-0.2, 0) is 0 Å². The minimum absolute atomic E-state index is 0.198. The molecule has 0 aliphatic carbocycles. The van der Waals surface area contributed by atoms with Crippen molar-refractivity contribution in [1.29, 1.82) is 0 Å². The highest BCUT2D eigenvalue weighted by Crippen LogP contribution is 2.16. The molecule has 0 N–H and O–H groups in total. The summed E-state index contributed by atoms with van der Waals surface area (Å²) in [6.45, 7) is 4.15. The van der Waals surface area contributed by atoms with Crippen molar-refractivity contribution in [3.63, 3.8) is 0 Å². The molecule has 0 heterocycles. The molecule has 0 radical (unpaired) electrons. The minimum Gasteiger partial charge on any atom is -0.294 e. The van der Waals surface area contributed by atoms with Crippen molar-refractivity contribution in [2.24, 2.45) is 0 Å². The quantitative estimate of drug-likeness (QED) is 0.547. The second-order valence-electron chi connectivity index (χ2n) is 3.90. The summed E-state index contributed by atoms with van der Waals surface area (Å²) >= 11 is 0. The second kappa shape index (κ2) is 4.43. The van der Waals surface area contributed by atoms with E-state index in [0.29, 0.717) is 11.1 Å². The Morgan fingerprint density at radius 2 is 1.25 bits per heavy atom. The zero-order valence-corrected chi connectivity index (χ0v) is 9.88. The van der Waals surface area contributed by atoms with Gasteiger partial charge in [-0.15, -0.1) is 0 Å². The monoisotopic (exact) mass is 216 g/mol. The summed E-state index contributed by atoms with van der Waals surface area (Å²) in [4.78, 5) is 34.4. The van der Waals surface area contributed by atoms with Crippen molar-refractivity contribution in [3.8, 4) is 0 Å². The fourth-order valence-electron chi connectivity index (χ4n) is 1.72. The van der Waals surface area contributed by atoms with Gasteiger partial charge in [-0.25, -0.2) is 0 Å². The average Bonchev–Trinajstić information content (AvgIpc) is 2.15. The van der Waals surface area contributed by atoms with Crippen LogP contribution in [0.4, 0.5) is 0 Å². The maximum atomic E-state index is 11.5. The highest BCUT2D eigenvalue weighted by molar-refractivity contribution is 6.34. The molecule has 82 valence electrons. The summed E-state index contributed by atoms with van der Waals surface area (Å²) in [6.07, 6.45) is 0. The van der Waals surface area contributed by atoms with E-state index in [1.807, 2.05) is 0 Å². The molecule has 0 aliphatic heterocycles. The van der Waals surface area contributed by atoms with E-state index in [9.17, 15) is 14.4 Å². The van der Waals surface area contributed by atoms with E-state index in [1.54, 1.807) is 20.0 Å². The summed E-state index contributed by atoms with van der Waals surface area (Å²) in [7, 11) is 1.79. The van der Waals surface area contributed by atoms with Gasteiger partial charge in [-0.2, -0.15) is 0 Å². The zero-order valence-electron chi connectivity index (χ0n) is 9.88. The molecular formula is C12H13BO3. The molecule has 0 bridgehead atoms. The first kappa shape index (κ1) is 12.4. The van der Waals surface area contributed by atoms with Crippen molar-refractivity contribution < 1.29 is 14.4 Å². The van der Waals surface area contributed by atoms with Gasteiger partial charge in [-0.1, -0.05) is 17.6 Å². The maximum absolute atomic E-state index is 11.5. The summed E-state index contributed by atoms with van der Waals surface area (Å²) < 4.78 is 0. The topological polar surface area (TPSA) is 51.2 Å². The number of hydrogen-bond donors (Lipinski definition) is 0. The van der Waals surface area contributed by atoms with Gasteiger partial charge >= 0.3 is 0 Å². The molecule has 0 unspecified atom stereocenters. The molecule has 4 heteroatoms. The number of Topliss-reactive ketones (excluding diaryl/α,β-unsaturated/α-hetero) is 3. The SMILES string of the molecule is Bc1cc(C(C)=O)c(C(C)=O)c(C(C)=O)c1. The molecule has 3 nitrogen and oxygen atoms in total. The summed E-state index contributed by atoms with van der Waals surface area (Å²) in [5.74, 6) is -0.650. The molecule has 0 aliphatic rings. The van der Waals surface area contributed by atoms with Gasteiger partial charge in [0, 0.05) is 16.7 Å². The molecule has 1 aromatic rings. The van der Waals surface area contributed by atoms with E-state index in [0.717, 1.165) is 5.46 Å². The van der Waals surface area contributed by atoms with Gasteiger partial charge in [0.2, 0.25) is 0 Å². The fourth-order valence-corrected chi connectivity index (χ4v) is 1.72. The molecule has 0 spiro atoms. The third-order valence-electron chi connectivity index (χ3n) is 2.39. The van der Waals surface area contributed by atoms with Crippen molar-refractivity contribution >= 4 is 30.7 Å². The molecule has 16 heavy (non-hydrogen) atoms. The van der Waals surface area contributed by atoms with E-state index in [1.165, 1.54) is 20.8 Å². The van der Waals surface area contributed by atoms with Crippen LogP contribution in [0.5, 0.6) is 0 Å². The smallest absolute Gasteiger partial charge is 0.161 e. The Labute approximate surface area is 95.3 Å². The predicted octanol–water partition coefficient (Wildman–Crippen LogP) is 0.553. The summed E-state index contributed by atoms with van der Waals surface area (Å²) in [6, 6.07) is 3.29. The number of carbonyl (C=O) groups excluding carboxylic acids is 3. The Kier molecular flexibility index (Phi) is 3.42. The molecule has 1 aromatic carbocycles. The molecule has 0 aromatic heterocycles. The van der Waals surface area contributed by atoms with Crippen LogP contribution in [0, 0.1) is 0 Å². The lowest BCUT2D eigenvalue weighted by Crippen LogP contribution is -2.17. The van der Waals surface area contributed by atoms with Crippen LogP contribution in [0.1, 0.15) is 51.8 Å². The fraction of sp³-hybridized carbons (Fsp3) is 0.250. The molecule has 0 amide bonds. The van der Waals surface area contributed by atoms with E-state index in [-0.39, 0.29) is 22.9 Å². The first-order valence-electron chi connectivity index (χ1n) is 5.02. The van der Waals surface area contributed by atoms with E-state index in [4.69, 9.17) is 0 Å². The van der Waals surface area contributed by atoms with Gasteiger partial charge in [-0.3, -0.25) is 14.4 Å². The Balaban J connectivity index is 3.67. The number of benzene rings is 1. The third-order valence-corrected chi connectivity index (χ3v) is 2.39. The molecule has 0 fully saturated rings. The van der Waals surface area contributed by atoms with Crippen LogP contribution in [0.3, 0.4) is 0 Å². The predicted molar refractivity (Wildman–Crippen MR) is 64.6 cm³/mol. The first-order valence-corrected chi connectivity index (χ1v) is 5.02. The van der Waals surface area contributed by atoms with Crippen molar-refractivity contribution in [1.82, 2.24) is 0 Å². The average molecular weight is 216 g/mol. The second-order valence-corrected chi connectivity index (χ2v) is 3.90. The van der Waals surface area contributed by atoms with E-state index < -0.39 is 0 Å². The number of carbonyl (C=O) groups is 3. The highest BCUT2D eigenvalue weighted by atomic mass is 16.1.